The number of amides is 1. The van der Waals surface area contributed by atoms with Gasteiger partial charge in [0.25, 0.3) is 0 Å². The maximum Gasteiger partial charge on any atom is 0.224 e. The molecular weight excluding hydrogens is 315 g/mol. The van der Waals surface area contributed by atoms with Crippen LogP contribution < -0.4 is 5.32 Å². The van der Waals surface area contributed by atoms with Crippen LogP contribution in [0.3, 0.4) is 0 Å². The van der Waals surface area contributed by atoms with Gasteiger partial charge >= 0.3 is 0 Å². The van der Waals surface area contributed by atoms with Crippen LogP contribution in [0.5, 0.6) is 0 Å². The molecule has 0 atom stereocenters. The minimum absolute atomic E-state index is 0.104. The second-order valence-corrected chi connectivity index (χ2v) is 5.93. The molecule has 0 saturated heterocycles. The van der Waals surface area contributed by atoms with Gasteiger partial charge in [-0.1, -0.05) is 23.7 Å². The second kappa shape index (κ2) is 6.42. The maximum atomic E-state index is 13.4. The minimum Gasteiger partial charge on any atom is -0.358 e. The average Bonchev–Trinajstić information content (AvgIpc) is 2.82. The van der Waals surface area contributed by atoms with Gasteiger partial charge in [0.1, 0.15) is 5.82 Å². The number of fused-ring (bicyclic) bond motifs is 1. The van der Waals surface area contributed by atoms with Gasteiger partial charge in [-0.3, -0.25) is 4.79 Å². The van der Waals surface area contributed by atoms with Crippen LogP contribution >= 0.6 is 11.6 Å². The molecule has 1 heterocycles. The van der Waals surface area contributed by atoms with Gasteiger partial charge in [-0.2, -0.15) is 0 Å². The molecule has 3 nitrogen and oxygen atoms in total. The number of hydrogen-bond donors (Lipinski definition) is 2. The van der Waals surface area contributed by atoms with Gasteiger partial charge in [0, 0.05) is 28.2 Å². The Balaban J connectivity index is 1.71. The predicted molar refractivity (Wildman–Crippen MR) is 90.0 cm³/mol. The zero-order valence-corrected chi connectivity index (χ0v) is 13.4. The standard InChI is InChI=1S/C18H16ClFN2O/c1-11-15(16-8-14(20)6-7-17(16)22-11)9-18(23)21-10-12-2-4-13(19)5-3-12/h2-8,22H,9-10H2,1H3,(H,21,23). The lowest BCUT2D eigenvalue weighted by atomic mass is 10.1. The smallest absolute Gasteiger partial charge is 0.224 e. The van der Waals surface area contributed by atoms with Crippen molar-refractivity contribution in [3.8, 4) is 0 Å². The molecule has 0 bridgehead atoms. The number of H-pyrrole nitrogens is 1. The second-order valence-electron chi connectivity index (χ2n) is 5.50. The van der Waals surface area contributed by atoms with Crippen molar-refractivity contribution in [2.24, 2.45) is 0 Å². The van der Waals surface area contributed by atoms with Crippen molar-refractivity contribution in [1.29, 1.82) is 0 Å². The summed E-state index contributed by atoms with van der Waals surface area (Å²) in [7, 11) is 0. The van der Waals surface area contributed by atoms with Crippen molar-refractivity contribution in [3.05, 3.63) is 70.1 Å². The number of carbonyl (C=O) groups is 1. The Kier molecular flexibility index (Phi) is 4.35. The van der Waals surface area contributed by atoms with Gasteiger partial charge in [0.15, 0.2) is 0 Å². The lowest BCUT2D eigenvalue weighted by molar-refractivity contribution is -0.120. The van der Waals surface area contributed by atoms with E-state index in [1.165, 1.54) is 12.1 Å². The first kappa shape index (κ1) is 15.6. The summed E-state index contributed by atoms with van der Waals surface area (Å²) >= 11 is 5.83. The normalized spacial score (nSPS) is 10.9. The topological polar surface area (TPSA) is 44.9 Å². The van der Waals surface area contributed by atoms with E-state index in [0.29, 0.717) is 11.6 Å². The molecule has 0 radical (unpaired) electrons. The van der Waals surface area contributed by atoms with Crippen LogP contribution in [0.15, 0.2) is 42.5 Å². The third kappa shape index (κ3) is 3.54. The number of nitrogens with one attached hydrogen (secondary N) is 2. The summed E-state index contributed by atoms with van der Waals surface area (Å²) in [6, 6.07) is 11.9. The van der Waals surface area contributed by atoms with Crippen molar-refractivity contribution in [2.45, 2.75) is 19.9 Å². The van der Waals surface area contributed by atoms with Crippen molar-refractivity contribution in [3.63, 3.8) is 0 Å². The van der Waals surface area contributed by atoms with Gasteiger partial charge < -0.3 is 10.3 Å². The molecule has 118 valence electrons. The molecule has 3 rings (SSSR count). The molecule has 0 fully saturated rings. The van der Waals surface area contributed by atoms with Gasteiger partial charge in [0.2, 0.25) is 5.91 Å². The predicted octanol–water partition coefficient (Wildman–Crippen LogP) is 4.13. The summed E-state index contributed by atoms with van der Waals surface area (Å²) in [5, 5.41) is 4.29. The van der Waals surface area contributed by atoms with Crippen molar-refractivity contribution >= 4 is 28.4 Å². The molecule has 1 amide bonds. The fourth-order valence-electron chi connectivity index (χ4n) is 2.61. The molecule has 2 N–H and O–H groups in total. The van der Waals surface area contributed by atoms with E-state index in [1.807, 2.05) is 19.1 Å². The maximum absolute atomic E-state index is 13.4. The SMILES string of the molecule is Cc1[nH]c2ccc(F)cc2c1CC(=O)NCc1ccc(Cl)cc1. The summed E-state index contributed by atoms with van der Waals surface area (Å²) in [5.74, 6) is -0.410. The van der Waals surface area contributed by atoms with E-state index in [-0.39, 0.29) is 18.1 Å². The highest BCUT2D eigenvalue weighted by Gasteiger charge is 2.13. The fraction of sp³-hybridized carbons (Fsp3) is 0.167. The van der Waals surface area contributed by atoms with Gasteiger partial charge in [-0.25, -0.2) is 4.39 Å². The highest BCUT2D eigenvalue weighted by atomic mass is 35.5. The van der Waals surface area contributed by atoms with E-state index in [4.69, 9.17) is 11.6 Å². The first-order chi connectivity index (χ1) is 11.0. The number of halogens is 2. The quantitative estimate of drug-likeness (QED) is 0.742. The molecule has 0 aliphatic rings. The third-order valence-electron chi connectivity index (χ3n) is 3.82. The van der Waals surface area contributed by atoms with Crippen LogP contribution in [0.2, 0.25) is 5.02 Å². The van der Waals surface area contributed by atoms with Crippen LogP contribution in [0.4, 0.5) is 4.39 Å². The lowest BCUT2D eigenvalue weighted by Crippen LogP contribution is -2.24. The van der Waals surface area contributed by atoms with E-state index < -0.39 is 0 Å². The Morgan fingerprint density at radius 3 is 2.70 bits per heavy atom. The monoisotopic (exact) mass is 330 g/mol. The number of aromatic nitrogens is 1. The average molecular weight is 331 g/mol. The van der Waals surface area contributed by atoms with Gasteiger partial charge in [-0.05, 0) is 48.4 Å². The van der Waals surface area contributed by atoms with Crippen LogP contribution in [-0.4, -0.2) is 10.9 Å². The lowest BCUT2D eigenvalue weighted by Gasteiger charge is -2.06. The Hall–Kier alpha value is -2.33. The Bertz CT molecular complexity index is 855. The molecule has 1 aromatic heterocycles. The van der Waals surface area contributed by atoms with Crippen LogP contribution in [0.1, 0.15) is 16.8 Å². The summed E-state index contributed by atoms with van der Waals surface area (Å²) in [4.78, 5) is 15.4. The van der Waals surface area contributed by atoms with Crippen LogP contribution in [0, 0.1) is 12.7 Å². The van der Waals surface area contributed by atoms with Crippen molar-refractivity contribution < 1.29 is 9.18 Å². The molecule has 0 saturated carbocycles. The highest BCUT2D eigenvalue weighted by molar-refractivity contribution is 6.30. The third-order valence-corrected chi connectivity index (χ3v) is 4.07. The molecule has 0 unspecified atom stereocenters. The molecule has 0 aliphatic carbocycles. The molecule has 0 aliphatic heterocycles. The summed E-state index contributed by atoms with van der Waals surface area (Å²) in [5.41, 5.74) is 3.52. The largest absolute Gasteiger partial charge is 0.358 e. The van der Waals surface area contributed by atoms with Gasteiger partial charge in [-0.15, -0.1) is 0 Å². The first-order valence-electron chi connectivity index (χ1n) is 7.31. The zero-order valence-electron chi connectivity index (χ0n) is 12.6. The molecule has 23 heavy (non-hydrogen) atoms. The van der Waals surface area contributed by atoms with Crippen LogP contribution in [0.25, 0.3) is 10.9 Å². The Morgan fingerprint density at radius 2 is 1.96 bits per heavy atom. The Morgan fingerprint density at radius 1 is 1.22 bits per heavy atom. The van der Waals surface area contributed by atoms with E-state index in [9.17, 15) is 9.18 Å². The van der Waals surface area contributed by atoms with Crippen LogP contribution in [-0.2, 0) is 17.8 Å². The number of carbonyl (C=O) groups excluding carboxylic acids is 1. The highest BCUT2D eigenvalue weighted by Crippen LogP contribution is 2.23. The molecule has 3 aromatic rings. The number of aromatic amines is 1. The van der Waals surface area contributed by atoms with E-state index in [0.717, 1.165) is 27.7 Å². The van der Waals surface area contributed by atoms with Crippen molar-refractivity contribution in [2.75, 3.05) is 0 Å². The number of aryl methyl sites for hydroxylation is 1. The van der Waals surface area contributed by atoms with E-state index in [1.54, 1.807) is 18.2 Å². The molecule has 0 spiro atoms. The minimum atomic E-state index is -0.306. The molecule has 2 aromatic carbocycles. The molecule has 5 heteroatoms. The van der Waals surface area contributed by atoms with Gasteiger partial charge in [0.05, 0.1) is 6.42 Å². The molecular formula is C18H16ClFN2O. The zero-order chi connectivity index (χ0) is 16.4. The number of rotatable bonds is 4. The summed E-state index contributed by atoms with van der Waals surface area (Å²) < 4.78 is 13.4. The first-order valence-corrected chi connectivity index (χ1v) is 7.68. The van der Waals surface area contributed by atoms with E-state index >= 15 is 0 Å². The Labute approximate surface area is 138 Å². The van der Waals surface area contributed by atoms with Crippen molar-refractivity contribution in [1.82, 2.24) is 10.3 Å². The number of benzene rings is 2. The summed E-state index contributed by atoms with van der Waals surface area (Å²) in [6.07, 6.45) is 0.211. The number of hydrogen-bond acceptors (Lipinski definition) is 1. The fourth-order valence-corrected chi connectivity index (χ4v) is 2.73. The van der Waals surface area contributed by atoms with E-state index in [2.05, 4.69) is 10.3 Å². The summed E-state index contributed by atoms with van der Waals surface area (Å²) in [6.45, 7) is 2.32.